The van der Waals surface area contributed by atoms with Gasteiger partial charge in [-0.05, 0) is 32.1 Å². The summed E-state index contributed by atoms with van der Waals surface area (Å²) in [6.07, 6.45) is 3.47. The average molecular weight is 264 g/mol. The summed E-state index contributed by atoms with van der Waals surface area (Å²) < 4.78 is 10.9. The summed E-state index contributed by atoms with van der Waals surface area (Å²) in [4.78, 5) is 10.6. The molecule has 0 heterocycles. The topological polar surface area (TPSA) is 55.8 Å². The molecule has 0 aromatic heterocycles. The molecular formula is C15H20O4. The number of carboxylic acids is 1. The van der Waals surface area contributed by atoms with Gasteiger partial charge in [-0.2, -0.15) is 0 Å². The molecule has 0 fully saturated rings. The van der Waals surface area contributed by atoms with E-state index in [0.717, 1.165) is 23.6 Å². The third-order valence-corrected chi connectivity index (χ3v) is 2.47. The molecule has 4 nitrogen and oxygen atoms in total. The standard InChI is InChI=1S/C15H20O4/c1-3-18-9-4-10-19-14-7-5-12(2)11-13(14)6-8-15(16)17/h5-8,11H,3-4,9-10H2,1-2H3,(H,16,17). The van der Waals surface area contributed by atoms with Crippen LogP contribution in [-0.2, 0) is 9.53 Å². The Morgan fingerprint density at radius 1 is 1.37 bits per heavy atom. The van der Waals surface area contributed by atoms with E-state index in [2.05, 4.69) is 0 Å². The van der Waals surface area contributed by atoms with Crippen LogP contribution in [0.5, 0.6) is 5.75 Å². The van der Waals surface area contributed by atoms with Crippen LogP contribution in [0, 0.1) is 6.92 Å². The normalized spacial score (nSPS) is 10.8. The van der Waals surface area contributed by atoms with E-state index >= 15 is 0 Å². The molecule has 0 aliphatic heterocycles. The summed E-state index contributed by atoms with van der Waals surface area (Å²) in [5.41, 5.74) is 1.84. The van der Waals surface area contributed by atoms with Crippen molar-refractivity contribution in [2.24, 2.45) is 0 Å². The van der Waals surface area contributed by atoms with Crippen molar-refractivity contribution in [2.75, 3.05) is 19.8 Å². The van der Waals surface area contributed by atoms with E-state index in [1.165, 1.54) is 0 Å². The molecule has 104 valence electrons. The molecule has 0 saturated heterocycles. The molecule has 0 spiro atoms. The first-order valence-electron chi connectivity index (χ1n) is 6.35. The number of carboxylic acid groups (broad SMARTS) is 1. The Hall–Kier alpha value is -1.81. The maximum absolute atomic E-state index is 10.6. The van der Waals surface area contributed by atoms with Crippen molar-refractivity contribution < 1.29 is 19.4 Å². The van der Waals surface area contributed by atoms with E-state index in [1.54, 1.807) is 6.08 Å². The summed E-state index contributed by atoms with van der Waals surface area (Å²) in [6, 6.07) is 5.70. The van der Waals surface area contributed by atoms with Crippen LogP contribution < -0.4 is 4.74 Å². The predicted molar refractivity (Wildman–Crippen MR) is 74.5 cm³/mol. The lowest BCUT2D eigenvalue weighted by atomic mass is 10.1. The molecule has 0 amide bonds. The number of aryl methyl sites for hydroxylation is 1. The molecule has 0 aliphatic rings. The molecule has 0 radical (unpaired) electrons. The first-order valence-corrected chi connectivity index (χ1v) is 6.35. The Bertz CT molecular complexity index is 438. The number of rotatable bonds is 8. The van der Waals surface area contributed by atoms with Crippen molar-refractivity contribution in [3.8, 4) is 5.75 Å². The number of ether oxygens (including phenoxy) is 2. The fourth-order valence-corrected chi connectivity index (χ4v) is 1.58. The SMILES string of the molecule is CCOCCCOc1ccc(C)cc1C=CC(=O)O. The van der Waals surface area contributed by atoms with Crippen LogP contribution >= 0.6 is 0 Å². The third-order valence-electron chi connectivity index (χ3n) is 2.47. The quantitative estimate of drug-likeness (QED) is 0.579. The summed E-state index contributed by atoms with van der Waals surface area (Å²) in [7, 11) is 0. The van der Waals surface area contributed by atoms with Gasteiger partial charge in [0.15, 0.2) is 0 Å². The van der Waals surface area contributed by atoms with Gasteiger partial charge in [0.1, 0.15) is 5.75 Å². The molecule has 0 aliphatic carbocycles. The highest BCUT2D eigenvalue weighted by Crippen LogP contribution is 2.21. The minimum absolute atomic E-state index is 0.553. The van der Waals surface area contributed by atoms with E-state index < -0.39 is 5.97 Å². The van der Waals surface area contributed by atoms with Crippen molar-refractivity contribution in [1.82, 2.24) is 0 Å². The maximum atomic E-state index is 10.6. The lowest BCUT2D eigenvalue weighted by molar-refractivity contribution is -0.131. The van der Waals surface area contributed by atoms with E-state index in [1.807, 2.05) is 32.0 Å². The second-order valence-corrected chi connectivity index (χ2v) is 4.11. The smallest absolute Gasteiger partial charge is 0.328 e. The lowest BCUT2D eigenvalue weighted by Crippen LogP contribution is -2.03. The first kappa shape index (κ1) is 15.2. The monoisotopic (exact) mass is 264 g/mol. The minimum atomic E-state index is -0.969. The van der Waals surface area contributed by atoms with Crippen molar-refractivity contribution in [3.05, 3.63) is 35.4 Å². The molecule has 0 unspecified atom stereocenters. The van der Waals surface area contributed by atoms with Crippen LogP contribution in [0.1, 0.15) is 24.5 Å². The molecule has 0 atom stereocenters. The molecule has 1 aromatic rings. The lowest BCUT2D eigenvalue weighted by Gasteiger charge is -2.10. The minimum Gasteiger partial charge on any atom is -0.493 e. The highest BCUT2D eigenvalue weighted by atomic mass is 16.5. The average Bonchev–Trinajstić information content (AvgIpc) is 2.38. The molecule has 1 N–H and O–H groups in total. The zero-order valence-corrected chi connectivity index (χ0v) is 11.4. The van der Waals surface area contributed by atoms with Crippen LogP contribution in [-0.4, -0.2) is 30.9 Å². The molecule has 1 aromatic carbocycles. The number of benzene rings is 1. The molecule has 1 rings (SSSR count). The van der Waals surface area contributed by atoms with E-state index in [9.17, 15) is 4.79 Å². The fourth-order valence-electron chi connectivity index (χ4n) is 1.58. The van der Waals surface area contributed by atoms with Gasteiger partial charge >= 0.3 is 5.97 Å². The second kappa shape index (κ2) is 8.32. The predicted octanol–water partition coefficient (Wildman–Crippen LogP) is 2.90. The van der Waals surface area contributed by atoms with Crippen LogP contribution in [0.2, 0.25) is 0 Å². The van der Waals surface area contributed by atoms with Gasteiger partial charge in [-0.15, -0.1) is 0 Å². The third kappa shape index (κ3) is 6.06. The molecule has 19 heavy (non-hydrogen) atoms. The van der Waals surface area contributed by atoms with Crippen LogP contribution in [0.25, 0.3) is 6.08 Å². The van der Waals surface area contributed by atoms with Crippen molar-refractivity contribution >= 4 is 12.0 Å². The van der Waals surface area contributed by atoms with Gasteiger partial charge in [-0.25, -0.2) is 4.79 Å². The summed E-state index contributed by atoms with van der Waals surface area (Å²) in [6.45, 7) is 5.84. The van der Waals surface area contributed by atoms with Gasteiger partial charge in [-0.3, -0.25) is 0 Å². The highest BCUT2D eigenvalue weighted by molar-refractivity contribution is 5.85. The molecule has 0 bridgehead atoms. The van der Waals surface area contributed by atoms with Crippen molar-refractivity contribution in [1.29, 1.82) is 0 Å². The van der Waals surface area contributed by atoms with Gasteiger partial charge in [0, 0.05) is 31.3 Å². The van der Waals surface area contributed by atoms with Gasteiger partial charge in [0.25, 0.3) is 0 Å². The number of aliphatic carboxylic acids is 1. The number of hydrogen-bond donors (Lipinski definition) is 1. The Balaban J connectivity index is 2.63. The summed E-state index contributed by atoms with van der Waals surface area (Å²) in [5, 5.41) is 8.66. The Labute approximate surface area is 113 Å². The van der Waals surface area contributed by atoms with Crippen LogP contribution in [0.3, 0.4) is 0 Å². The molecule has 4 heteroatoms. The van der Waals surface area contributed by atoms with Gasteiger partial charge in [0.2, 0.25) is 0 Å². The number of hydrogen-bond acceptors (Lipinski definition) is 3. The van der Waals surface area contributed by atoms with Gasteiger partial charge < -0.3 is 14.6 Å². The largest absolute Gasteiger partial charge is 0.493 e. The van der Waals surface area contributed by atoms with Crippen LogP contribution in [0.4, 0.5) is 0 Å². The maximum Gasteiger partial charge on any atom is 0.328 e. The van der Waals surface area contributed by atoms with Gasteiger partial charge in [0.05, 0.1) is 6.61 Å². The molecule has 0 saturated carbocycles. The number of carbonyl (C=O) groups is 1. The second-order valence-electron chi connectivity index (χ2n) is 4.11. The Morgan fingerprint density at radius 2 is 2.16 bits per heavy atom. The zero-order chi connectivity index (χ0) is 14.1. The fraction of sp³-hybridized carbons (Fsp3) is 0.400. The van der Waals surface area contributed by atoms with E-state index in [4.69, 9.17) is 14.6 Å². The Morgan fingerprint density at radius 3 is 2.84 bits per heavy atom. The van der Waals surface area contributed by atoms with E-state index in [0.29, 0.717) is 25.6 Å². The molecular weight excluding hydrogens is 244 g/mol. The van der Waals surface area contributed by atoms with Crippen LogP contribution in [0.15, 0.2) is 24.3 Å². The summed E-state index contributed by atoms with van der Waals surface area (Å²) >= 11 is 0. The van der Waals surface area contributed by atoms with E-state index in [-0.39, 0.29) is 0 Å². The highest BCUT2D eigenvalue weighted by Gasteiger charge is 2.02. The first-order chi connectivity index (χ1) is 9.13. The Kier molecular flexibility index (Phi) is 6.68. The van der Waals surface area contributed by atoms with Gasteiger partial charge in [-0.1, -0.05) is 11.6 Å². The zero-order valence-electron chi connectivity index (χ0n) is 11.4. The van der Waals surface area contributed by atoms with Crippen molar-refractivity contribution in [2.45, 2.75) is 20.3 Å². The van der Waals surface area contributed by atoms with Crippen molar-refractivity contribution in [3.63, 3.8) is 0 Å². The summed E-state index contributed by atoms with van der Waals surface area (Å²) in [5.74, 6) is -0.275.